The molecular formula is C12H20N4. The Morgan fingerprint density at radius 2 is 2.19 bits per heavy atom. The van der Waals surface area contributed by atoms with E-state index in [2.05, 4.69) is 15.3 Å². The van der Waals surface area contributed by atoms with Gasteiger partial charge < -0.3 is 11.1 Å². The van der Waals surface area contributed by atoms with Crippen molar-refractivity contribution in [1.29, 1.82) is 0 Å². The first-order valence-corrected chi connectivity index (χ1v) is 5.98. The highest BCUT2D eigenvalue weighted by molar-refractivity contribution is 5.37. The van der Waals surface area contributed by atoms with E-state index >= 15 is 0 Å². The second-order valence-corrected chi connectivity index (χ2v) is 4.62. The van der Waals surface area contributed by atoms with Crippen LogP contribution in [0.15, 0.2) is 6.07 Å². The van der Waals surface area contributed by atoms with Gasteiger partial charge in [-0.2, -0.15) is 0 Å². The van der Waals surface area contributed by atoms with Gasteiger partial charge in [0, 0.05) is 17.8 Å². The molecule has 3 N–H and O–H groups in total. The third kappa shape index (κ3) is 2.50. The molecule has 1 heterocycles. The van der Waals surface area contributed by atoms with Crippen molar-refractivity contribution >= 4 is 5.82 Å². The molecule has 2 atom stereocenters. The zero-order chi connectivity index (χ0) is 11.5. The average Bonchev–Trinajstić information content (AvgIpc) is 2.63. The van der Waals surface area contributed by atoms with E-state index in [9.17, 15) is 0 Å². The maximum atomic E-state index is 5.76. The van der Waals surface area contributed by atoms with Crippen LogP contribution in [0.3, 0.4) is 0 Å². The highest BCUT2D eigenvalue weighted by Gasteiger charge is 2.26. The highest BCUT2D eigenvalue weighted by Crippen LogP contribution is 2.27. The summed E-state index contributed by atoms with van der Waals surface area (Å²) in [7, 11) is 0. The number of nitrogens with zero attached hydrogens (tertiary/aromatic N) is 2. The maximum Gasteiger partial charge on any atom is 0.130 e. The zero-order valence-corrected chi connectivity index (χ0v) is 10.0. The average molecular weight is 220 g/mol. The quantitative estimate of drug-likeness (QED) is 0.812. The predicted molar refractivity (Wildman–Crippen MR) is 65.3 cm³/mol. The van der Waals surface area contributed by atoms with Gasteiger partial charge in [-0.05, 0) is 39.2 Å². The summed E-state index contributed by atoms with van der Waals surface area (Å²) in [5, 5.41) is 3.49. The van der Waals surface area contributed by atoms with Crippen molar-refractivity contribution in [2.24, 2.45) is 11.7 Å². The fourth-order valence-electron chi connectivity index (χ4n) is 2.49. The molecule has 2 rings (SSSR count). The Morgan fingerprint density at radius 1 is 1.38 bits per heavy atom. The Kier molecular flexibility index (Phi) is 3.39. The minimum Gasteiger partial charge on any atom is -0.367 e. The monoisotopic (exact) mass is 220 g/mol. The molecule has 0 aliphatic heterocycles. The lowest BCUT2D eigenvalue weighted by atomic mass is 10.0. The van der Waals surface area contributed by atoms with Crippen LogP contribution in [-0.4, -0.2) is 22.6 Å². The van der Waals surface area contributed by atoms with Gasteiger partial charge in [-0.25, -0.2) is 9.97 Å². The molecule has 0 bridgehead atoms. The summed E-state index contributed by atoms with van der Waals surface area (Å²) >= 11 is 0. The zero-order valence-electron chi connectivity index (χ0n) is 10.0. The van der Waals surface area contributed by atoms with Crippen LogP contribution in [0.2, 0.25) is 0 Å². The van der Waals surface area contributed by atoms with E-state index < -0.39 is 0 Å². The van der Waals surface area contributed by atoms with Gasteiger partial charge in [0.05, 0.1) is 0 Å². The summed E-state index contributed by atoms with van der Waals surface area (Å²) in [6, 6.07) is 2.48. The van der Waals surface area contributed by atoms with E-state index in [4.69, 9.17) is 5.73 Å². The molecule has 1 aliphatic carbocycles. The SMILES string of the molecule is Cc1cc(NC2CCCC2CN)nc(C)n1. The van der Waals surface area contributed by atoms with Crippen molar-refractivity contribution in [1.82, 2.24) is 9.97 Å². The molecule has 0 radical (unpaired) electrons. The van der Waals surface area contributed by atoms with Gasteiger partial charge in [-0.15, -0.1) is 0 Å². The third-order valence-corrected chi connectivity index (χ3v) is 3.26. The molecule has 1 aromatic heterocycles. The lowest BCUT2D eigenvalue weighted by molar-refractivity contribution is 0.515. The highest BCUT2D eigenvalue weighted by atomic mass is 15.1. The number of nitrogens with one attached hydrogen (secondary N) is 1. The largest absolute Gasteiger partial charge is 0.367 e. The van der Waals surface area contributed by atoms with Gasteiger partial charge in [0.2, 0.25) is 0 Å². The molecule has 4 heteroatoms. The van der Waals surface area contributed by atoms with E-state index in [-0.39, 0.29) is 0 Å². The number of aromatic nitrogens is 2. The Balaban J connectivity index is 2.08. The summed E-state index contributed by atoms with van der Waals surface area (Å²) < 4.78 is 0. The molecule has 0 aromatic carbocycles. The first kappa shape index (κ1) is 11.3. The van der Waals surface area contributed by atoms with Crippen molar-refractivity contribution in [2.75, 3.05) is 11.9 Å². The molecule has 1 aromatic rings. The van der Waals surface area contributed by atoms with Crippen LogP contribution in [0.4, 0.5) is 5.82 Å². The Morgan fingerprint density at radius 3 is 2.88 bits per heavy atom. The van der Waals surface area contributed by atoms with Gasteiger partial charge >= 0.3 is 0 Å². The third-order valence-electron chi connectivity index (χ3n) is 3.26. The molecule has 4 nitrogen and oxygen atoms in total. The van der Waals surface area contributed by atoms with Gasteiger partial charge in [0.15, 0.2) is 0 Å². The van der Waals surface area contributed by atoms with Crippen LogP contribution in [0, 0.1) is 19.8 Å². The van der Waals surface area contributed by atoms with E-state index in [0.717, 1.165) is 23.9 Å². The van der Waals surface area contributed by atoms with E-state index in [1.807, 2.05) is 19.9 Å². The molecule has 2 unspecified atom stereocenters. The number of hydrogen-bond acceptors (Lipinski definition) is 4. The van der Waals surface area contributed by atoms with Gasteiger partial charge in [0.1, 0.15) is 11.6 Å². The van der Waals surface area contributed by atoms with Crippen LogP contribution in [-0.2, 0) is 0 Å². The van der Waals surface area contributed by atoms with Crippen LogP contribution in [0.1, 0.15) is 30.8 Å². The summed E-state index contributed by atoms with van der Waals surface area (Å²) in [6.07, 6.45) is 3.70. The molecule has 0 saturated heterocycles. The standard InChI is InChI=1S/C12H20N4/c1-8-6-12(15-9(2)14-8)16-11-5-3-4-10(11)7-13/h6,10-11H,3-5,7,13H2,1-2H3,(H,14,15,16). The number of hydrogen-bond donors (Lipinski definition) is 2. The number of nitrogens with two attached hydrogens (primary N) is 1. The molecule has 0 spiro atoms. The summed E-state index contributed by atoms with van der Waals surface area (Å²) in [6.45, 7) is 4.68. The molecular weight excluding hydrogens is 200 g/mol. The fourth-order valence-corrected chi connectivity index (χ4v) is 2.49. The van der Waals surface area contributed by atoms with Gasteiger partial charge in [-0.1, -0.05) is 6.42 Å². The fraction of sp³-hybridized carbons (Fsp3) is 0.667. The molecule has 16 heavy (non-hydrogen) atoms. The molecule has 1 aliphatic rings. The summed E-state index contributed by atoms with van der Waals surface area (Å²) in [5.74, 6) is 2.36. The van der Waals surface area contributed by atoms with Crippen LogP contribution in [0.25, 0.3) is 0 Å². The van der Waals surface area contributed by atoms with Crippen LogP contribution in [0.5, 0.6) is 0 Å². The lowest BCUT2D eigenvalue weighted by Gasteiger charge is -2.20. The first-order valence-electron chi connectivity index (χ1n) is 5.98. The first-order chi connectivity index (χ1) is 7.69. The molecule has 88 valence electrons. The number of rotatable bonds is 3. The summed E-state index contributed by atoms with van der Waals surface area (Å²) in [4.78, 5) is 8.68. The van der Waals surface area contributed by atoms with Gasteiger partial charge in [0.25, 0.3) is 0 Å². The topological polar surface area (TPSA) is 63.8 Å². The number of aryl methyl sites for hydroxylation is 2. The minimum absolute atomic E-state index is 0.485. The lowest BCUT2D eigenvalue weighted by Crippen LogP contribution is -2.29. The van der Waals surface area contributed by atoms with Gasteiger partial charge in [-0.3, -0.25) is 0 Å². The van der Waals surface area contributed by atoms with Crippen molar-refractivity contribution in [3.05, 3.63) is 17.6 Å². The van der Waals surface area contributed by atoms with Crippen LogP contribution < -0.4 is 11.1 Å². The van der Waals surface area contributed by atoms with Crippen molar-refractivity contribution in [3.63, 3.8) is 0 Å². The van der Waals surface area contributed by atoms with Crippen molar-refractivity contribution < 1.29 is 0 Å². The molecule has 0 amide bonds. The molecule has 1 saturated carbocycles. The smallest absolute Gasteiger partial charge is 0.130 e. The number of anilines is 1. The summed E-state index contributed by atoms with van der Waals surface area (Å²) in [5.41, 5.74) is 6.78. The molecule has 1 fully saturated rings. The van der Waals surface area contributed by atoms with E-state index in [1.165, 1.54) is 19.3 Å². The van der Waals surface area contributed by atoms with E-state index in [0.29, 0.717) is 12.0 Å². The predicted octanol–water partition coefficient (Wildman–Crippen LogP) is 1.63. The maximum absolute atomic E-state index is 5.76. The van der Waals surface area contributed by atoms with Crippen molar-refractivity contribution in [3.8, 4) is 0 Å². The minimum atomic E-state index is 0.485. The Bertz CT molecular complexity index is 344. The van der Waals surface area contributed by atoms with Crippen molar-refractivity contribution in [2.45, 2.75) is 39.2 Å². The Labute approximate surface area is 96.7 Å². The second-order valence-electron chi connectivity index (χ2n) is 4.62. The van der Waals surface area contributed by atoms with Crippen LogP contribution >= 0.6 is 0 Å². The normalized spacial score (nSPS) is 24.7. The van der Waals surface area contributed by atoms with E-state index in [1.54, 1.807) is 0 Å². The second kappa shape index (κ2) is 4.78. The Hall–Kier alpha value is -1.16.